The molecule has 0 atom stereocenters. The van der Waals surface area contributed by atoms with Gasteiger partial charge in [0.25, 0.3) is 0 Å². The summed E-state index contributed by atoms with van der Waals surface area (Å²) in [4.78, 5) is 11.9. The summed E-state index contributed by atoms with van der Waals surface area (Å²) in [5.74, 6) is 1.61. The van der Waals surface area contributed by atoms with Crippen LogP contribution in [0.3, 0.4) is 0 Å². The largest absolute Gasteiger partial charge is 0.348 e. The summed E-state index contributed by atoms with van der Waals surface area (Å²) in [5, 5.41) is 0. The first-order chi connectivity index (χ1) is 8.74. The second-order valence-electron chi connectivity index (χ2n) is 5.13. The lowest BCUT2D eigenvalue weighted by atomic mass is 9.96. The van der Waals surface area contributed by atoms with Crippen molar-refractivity contribution in [1.82, 2.24) is 4.57 Å². The highest BCUT2D eigenvalue weighted by Crippen LogP contribution is 2.25. The lowest BCUT2D eigenvalue weighted by Crippen LogP contribution is -2.13. The van der Waals surface area contributed by atoms with Crippen molar-refractivity contribution < 1.29 is 4.79 Å². The molecular formula is C15H23NOS. The molecule has 100 valence electrons. The minimum Gasteiger partial charge on any atom is -0.348 e. The second-order valence-corrected chi connectivity index (χ2v) is 6.11. The lowest BCUT2D eigenvalue weighted by molar-refractivity contribution is 0.0971. The number of ketones is 1. The smallest absolute Gasteiger partial charge is 0.164 e. The van der Waals surface area contributed by atoms with E-state index in [1.165, 1.54) is 36.4 Å². The SMILES string of the molecule is CSCCCCCn1c(C)cc2c1CCCC2=O. The van der Waals surface area contributed by atoms with Crippen molar-refractivity contribution >= 4 is 17.5 Å². The van der Waals surface area contributed by atoms with Gasteiger partial charge >= 0.3 is 0 Å². The predicted molar refractivity (Wildman–Crippen MR) is 78.7 cm³/mol. The molecule has 0 N–H and O–H groups in total. The predicted octanol–water partition coefficient (Wildman–Crippen LogP) is 3.85. The molecule has 0 unspecified atom stereocenters. The van der Waals surface area contributed by atoms with E-state index in [2.05, 4.69) is 23.8 Å². The molecule has 1 aromatic heterocycles. The van der Waals surface area contributed by atoms with Crippen LogP contribution in [0.1, 0.15) is 53.8 Å². The average molecular weight is 265 g/mol. The van der Waals surface area contributed by atoms with E-state index in [4.69, 9.17) is 0 Å². The third-order valence-corrected chi connectivity index (χ3v) is 4.46. The molecule has 1 aromatic rings. The first-order valence-electron chi connectivity index (χ1n) is 6.95. The Hall–Kier alpha value is -0.700. The van der Waals surface area contributed by atoms with E-state index in [9.17, 15) is 4.79 Å². The summed E-state index contributed by atoms with van der Waals surface area (Å²) in [7, 11) is 0. The number of rotatable bonds is 6. The van der Waals surface area contributed by atoms with Crippen LogP contribution in [0.4, 0.5) is 0 Å². The fraction of sp³-hybridized carbons (Fsp3) is 0.667. The van der Waals surface area contributed by atoms with Crippen LogP contribution in [0.25, 0.3) is 0 Å². The Morgan fingerprint density at radius 3 is 2.89 bits per heavy atom. The Bertz CT molecular complexity index is 422. The minimum atomic E-state index is 0.348. The van der Waals surface area contributed by atoms with Gasteiger partial charge in [0.2, 0.25) is 0 Å². The van der Waals surface area contributed by atoms with Gasteiger partial charge in [0.15, 0.2) is 5.78 Å². The van der Waals surface area contributed by atoms with Crippen LogP contribution >= 0.6 is 11.8 Å². The minimum absolute atomic E-state index is 0.348. The maximum absolute atomic E-state index is 11.9. The molecule has 0 aliphatic heterocycles. The Kier molecular flexibility index (Phi) is 4.93. The quantitative estimate of drug-likeness (QED) is 0.729. The molecule has 1 heterocycles. The summed E-state index contributed by atoms with van der Waals surface area (Å²) in [6.07, 6.45) is 8.85. The van der Waals surface area contributed by atoms with E-state index < -0.39 is 0 Å². The number of hydrogen-bond donors (Lipinski definition) is 0. The van der Waals surface area contributed by atoms with Gasteiger partial charge in [-0.3, -0.25) is 4.79 Å². The maximum Gasteiger partial charge on any atom is 0.164 e. The summed E-state index contributed by atoms with van der Waals surface area (Å²) in [6.45, 7) is 3.22. The number of aromatic nitrogens is 1. The van der Waals surface area contributed by atoms with Gasteiger partial charge in [-0.1, -0.05) is 6.42 Å². The van der Waals surface area contributed by atoms with Crippen molar-refractivity contribution in [2.45, 2.75) is 52.0 Å². The fourth-order valence-electron chi connectivity index (χ4n) is 2.79. The molecule has 18 heavy (non-hydrogen) atoms. The molecule has 0 amide bonds. The van der Waals surface area contributed by atoms with Crippen molar-refractivity contribution in [3.63, 3.8) is 0 Å². The van der Waals surface area contributed by atoms with E-state index in [0.717, 1.165) is 31.4 Å². The summed E-state index contributed by atoms with van der Waals surface area (Å²) >= 11 is 1.92. The van der Waals surface area contributed by atoms with E-state index in [1.807, 2.05) is 11.8 Å². The third kappa shape index (κ3) is 3.00. The van der Waals surface area contributed by atoms with Gasteiger partial charge in [-0.15, -0.1) is 0 Å². The molecule has 0 spiro atoms. The van der Waals surface area contributed by atoms with Crippen molar-refractivity contribution in [1.29, 1.82) is 0 Å². The lowest BCUT2D eigenvalue weighted by Gasteiger charge is -2.15. The van der Waals surface area contributed by atoms with Crippen molar-refractivity contribution in [3.05, 3.63) is 23.0 Å². The topological polar surface area (TPSA) is 22.0 Å². The highest BCUT2D eigenvalue weighted by molar-refractivity contribution is 7.98. The number of nitrogens with zero attached hydrogens (tertiary/aromatic N) is 1. The van der Waals surface area contributed by atoms with Gasteiger partial charge in [0.05, 0.1) is 0 Å². The molecular weight excluding hydrogens is 242 g/mol. The first kappa shape index (κ1) is 13.7. The molecule has 3 heteroatoms. The number of fused-ring (bicyclic) bond motifs is 1. The van der Waals surface area contributed by atoms with Gasteiger partial charge in [0.1, 0.15) is 0 Å². The molecule has 1 aliphatic carbocycles. The Balaban J connectivity index is 1.98. The van der Waals surface area contributed by atoms with Crippen LogP contribution in [-0.2, 0) is 13.0 Å². The summed E-state index contributed by atoms with van der Waals surface area (Å²) in [5.41, 5.74) is 3.57. The van der Waals surface area contributed by atoms with Crippen LogP contribution in [0.5, 0.6) is 0 Å². The highest BCUT2D eigenvalue weighted by Gasteiger charge is 2.21. The third-order valence-electron chi connectivity index (χ3n) is 3.76. The number of carbonyl (C=O) groups is 1. The Morgan fingerprint density at radius 2 is 2.11 bits per heavy atom. The van der Waals surface area contributed by atoms with Gasteiger partial charge in [0, 0.05) is 29.9 Å². The normalized spacial score (nSPS) is 14.9. The van der Waals surface area contributed by atoms with Crippen molar-refractivity contribution in [2.24, 2.45) is 0 Å². The number of thioether (sulfide) groups is 1. The van der Waals surface area contributed by atoms with Gasteiger partial charge in [-0.2, -0.15) is 11.8 Å². The number of Topliss-reactive ketones (excluding diaryl/α,β-unsaturated/α-hetero) is 1. The van der Waals surface area contributed by atoms with E-state index in [1.54, 1.807) is 0 Å². The zero-order valence-corrected chi connectivity index (χ0v) is 12.3. The van der Waals surface area contributed by atoms with E-state index in [-0.39, 0.29) is 0 Å². The van der Waals surface area contributed by atoms with Crippen molar-refractivity contribution in [2.75, 3.05) is 12.0 Å². The van der Waals surface area contributed by atoms with Crippen molar-refractivity contribution in [3.8, 4) is 0 Å². The summed E-state index contributed by atoms with van der Waals surface area (Å²) in [6, 6.07) is 2.10. The average Bonchev–Trinajstić information content (AvgIpc) is 2.68. The van der Waals surface area contributed by atoms with Crippen LogP contribution in [-0.4, -0.2) is 22.4 Å². The Morgan fingerprint density at radius 1 is 1.28 bits per heavy atom. The maximum atomic E-state index is 11.9. The van der Waals surface area contributed by atoms with E-state index in [0.29, 0.717) is 5.78 Å². The van der Waals surface area contributed by atoms with Crippen LogP contribution < -0.4 is 0 Å². The molecule has 0 bridgehead atoms. The van der Waals surface area contributed by atoms with Crippen LogP contribution in [0.2, 0.25) is 0 Å². The zero-order chi connectivity index (χ0) is 13.0. The second kappa shape index (κ2) is 6.46. The molecule has 0 radical (unpaired) electrons. The number of carbonyl (C=O) groups excluding carboxylic acids is 1. The molecule has 0 aromatic carbocycles. The van der Waals surface area contributed by atoms with Crippen LogP contribution in [0, 0.1) is 6.92 Å². The number of aryl methyl sites for hydroxylation is 1. The standard InChI is InChI=1S/C15H23NOS/c1-12-11-13-14(7-6-8-15(13)17)16(12)9-4-3-5-10-18-2/h11H,3-10H2,1-2H3. The van der Waals surface area contributed by atoms with Crippen LogP contribution in [0.15, 0.2) is 6.07 Å². The molecule has 1 aliphatic rings. The van der Waals surface area contributed by atoms with Gasteiger partial charge in [-0.05, 0) is 50.7 Å². The molecule has 2 nitrogen and oxygen atoms in total. The highest BCUT2D eigenvalue weighted by atomic mass is 32.2. The molecule has 0 fully saturated rings. The van der Waals surface area contributed by atoms with Gasteiger partial charge in [-0.25, -0.2) is 0 Å². The Labute approximate surface area is 114 Å². The molecule has 0 saturated carbocycles. The first-order valence-corrected chi connectivity index (χ1v) is 8.34. The van der Waals surface area contributed by atoms with Gasteiger partial charge < -0.3 is 4.57 Å². The van der Waals surface area contributed by atoms with E-state index >= 15 is 0 Å². The number of unbranched alkanes of at least 4 members (excludes halogenated alkanes) is 2. The summed E-state index contributed by atoms with van der Waals surface area (Å²) < 4.78 is 2.38. The fourth-order valence-corrected chi connectivity index (χ4v) is 3.29. The zero-order valence-electron chi connectivity index (χ0n) is 11.5. The number of hydrogen-bond acceptors (Lipinski definition) is 2. The molecule has 2 rings (SSSR count). The molecule has 0 saturated heterocycles. The monoisotopic (exact) mass is 265 g/mol.